The number of amides is 1. The summed E-state index contributed by atoms with van der Waals surface area (Å²) in [6.45, 7) is 1.10. The Labute approximate surface area is 184 Å². The monoisotopic (exact) mass is 440 g/mol. The molecule has 32 heavy (non-hydrogen) atoms. The van der Waals surface area contributed by atoms with Gasteiger partial charge in [0.25, 0.3) is 5.91 Å². The number of carbonyl (C=O) groups excluding carboxylic acids is 1. The van der Waals surface area contributed by atoms with E-state index in [1.54, 1.807) is 11.0 Å². The van der Waals surface area contributed by atoms with Crippen LogP contribution in [0.4, 0.5) is 14.6 Å². The van der Waals surface area contributed by atoms with E-state index in [1.807, 2.05) is 11.0 Å². The van der Waals surface area contributed by atoms with Crippen LogP contribution >= 0.6 is 0 Å². The summed E-state index contributed by atoms with van der Waals surface area (Å²) in [6.07, 6.45) is 3.30. The summed E-state index contributed by atoms with van der Waals surface area (Å²) >= 11 is 0. The van der Waals surface area contributed by atoms with E-state index in [0.29, 0.717) is 61.5 Å². The smallest absolute Gasteiger partial charge is 0.257 e. The number of fused-ring (bicyclic) bond motifs is 1. The molecule has 2 aromatic rings. The standard InChI is InChI=1S/C23H22F2N4O3/c1-31-19-11-20(27-13-15(19)12-26)28-6-4-23(5-7-28)22(30)29-18(2-3-21(29)32-23)14-8-16(24)10-17(25)9-14/h8-11,13,18,21H,2-7H2,1H3/t18-,21+/m0/s1. The highest BCUT2D eigenvalue weighted by molar-refractivity contribution is 5.88. The van der Waals surface area contributed by atoms with Gasteiger partial charge in [-0.3, -0.25) is 4.79 Å². The number of methoxy groups -OCH3 is 1. The molecular formula is C23H22F2N4O3. The number of hydrogen-bond donors (Lipinski definition) is 0. The number of anilines is 1. The largest absolute Gasteiger partial charge is 0.495 e. The Morgan fingerprint density at radius 1 is 1.19 bits per heavy atom. The zero-order chi connectivity index (χ0) is 22.5. The van der Waals surface area contributed by atoms with E-state index in [4.69, 9.17) is 14.7 Å². The molecule has 1 spiro atoms. The topological polar surface area (TPSA) is 78.7 Å². The summed E-state index contributed by atoms with van der Waals surface area (Å²) in [7, 11) is 1.50. The second-order valence-corrected chi connectivity index (χ2v) is 8.42. The first kappa shape index (κ1) is 20.6. The number of ether oxygens (including phenoxy) is 2. The van der Waals surface area contributed by atoms with E-state index >= 15 is 0 Å². The van der Waals surface area contributed by atoms with E-state index in [9.17, 15) is 13.6 Å². The number of carbonyl (C=O) groups is 1. The molecule has 2 atom stereocenters. The fourth-order valence-electron chi connectivity index (χ4n) is 5.09. The maximum absolute atomic E-state index is 13.8. The minimum Gasteiger partial charge on any atom is -0.495 e. The van der Waals surface area contributed by atoms with Gasteiger partial charge in [-0.05, 0) is 30.5 Å². The number of piperidine rings is 1. The van der Waals surface area contributed by atoms with Gasteiger partial charge in [0.1, 0.15) is 41.1 Å². The Balaban J connectivity index is 1.33. The van der Waals surface area contributed by atoms with Crippen molar-refractivity contribution in [3.05, 3.63) is 53.2 Å². The van der Waals surface area contributed by atoms with Crippen molar-refractivity contribution >= 4 is 11.7 Å². The number of nitrogens with zero attached hydrogens (tertiary/aromatic N) is 4. The van der Waals surface area contributed by atoms with Gasteiger partial charge < -0.3 is 19.3 Å². The van der Waals surface area contributed by atoms with Gasteiger partial charge >= 0.3 is 0 Å². The van der Waals surface area contributed by atoms with Gasteiger partial charge in [0.05, 0.1) is 19.3 Å². The normalized spacial score (nSPS) is 24.0. The second-order valence-electron chi connectivity index (χ2n) is 8.42. The van der Waals surface area contributed by atoms with Gasteiger partial charge in [0, 0.05) is 38.1 Å². The number of benzene rings is 1. The molecule has 3 aliphatic rings. The molecule has 3 aliphatic heterocycles. The zero-order valence-electron chi connectivity index (χ0n) is 17.6. The van der Waals surface area contributed by atoms with Crippen molar-refractivity contribution in [3.8, 4) is 11.8 Å². The van der Waals surface area contributed by atoms with Crippen LogP contribution in [0.2, 0.25) is 0 Å². The highest BCUT2D eigenvalue weighted by Crippen LogP contribution is 2.48. The van der Waals surface area contributed by atoms with Gasteiger partial charge in [-0.1, -0.05) is 0 Å². The summed E-state index contributed by atoms with van der Waals surface area (Å²) in [5.74, 6) is -0.278. The van der Waals surface area contributed by atoms with Crippen LogP contribution in [0.5, 0.6) is 5.75 Å². The first-order valence-electron chi connectivity index (χ1n) is 10.6. The number of nitriles is 1. The fraction of sp³-hybridized carbons (Fsp3) is 0.435. The molecular weight excluding hydrogens is 418 g/mol. The predicted molar refractivity (Wildman–Crippen MR) is 110 cm³/mol. The molecule has 7 nitrogen and oxygen atoms in total. The van der Waals surface area contributed by atoms with Crippen molar-refractivity contribution in [1.29, 1.82) is 5.26 Å². The number of aromatic nitrogens is 1. The van der Waals surface area contributed by atoms with Crippen molar-refractivity contribution in [2.45, 2.75) is 43.6 Å². The molecule has 0 bridgehead atoms. The van der Waals surface area contributed by atoms with Crippen LogP contribution < -0.4 is 9.64 Å². The summed E-state index contributed by atoms with van der Waals surface area (Å²) in [4.78, 5) is 21.5. The quantitative estimate of drug-likeness (QED) is 0.729. The first-order chi connectivity index (χ1) is 15.4. The maximum Gasteiger partial charge on any atom is 0.257 e. The van der Waals surface area contributed by atoms with Crippen molar-refractivity contribution in [2.75, 3.05) is 25.1 Å². The Hall–Kier alpha value is -3.25. The predicted octanol–water partition coefficient (Wildman–Crippen LogP) is 3.30. The molecule has 0 aliphatic carbocycles. The lowest BCUT2D eigenvalue weighted by atomic mass is 9.89. The van der Waals surface area contributed by atoms with Gasteiger partial charge in [-0.25, -0.2) is 13.8 Å². The van der Waals surface area contributed by atoms with Crippen molar-refractivity contribution in [1.82, 2.24) is 9.88 Å². The van der Waals surface area contributed by atoms with Crippen LogP contribution in [-0.4, -0.2) is 47.8 Å². The number of rotatable bonds is 3. The minimum absolute atomic E-state index is 0.111. The van der Waals surface area contributed by atoms with Crippen molar-refractivity contribution < 1.29 is 23.0 Å². The van der Waals surface area contributed by atoms with Gasteiger partial charge in [0.2, 0.25) is 0 Å². The van der Waals surface area contributed by atoms with Crippen molar-refractivity contribution in [3.63, 3.8) is 0 Å². The molecule has 4 heterocycles. The van der Waals surface area contributed by atoms with Gasteiger partial charge in [-0.15, -0.1) is 0 Å². The molecule has 0 saturated carbocycles. The average Bonchev–Trinajstić information content (AvgIpc) is 3.31. The molecule has 3 fully saturated rings. The first-order valence-corrected chi connectivity index (χ1v) is 10.6. The average molecular weight is 440 g/mol. The van der Waals surface area contributed by atoms with E-state index in [-0.39, 0.29) is 18.2 Å². The van der Waals surface area contributed by atoms with E-state index in [0.717, 1.165) is 6.07 Å². The van der Waals surface area contributed by atoms with Crippen LogP contribution in [0.25, 0.3) is 0 Å². The molecule has 0 N–H and O–H groups in total. The second kappa shape index (κ2) is 7.71. The highest BCUT2D eigenvalue weighted by atomic mass is 19.1. The van der Waals surface area contributed by atoms with E-state index in [1.165, 1.54) is 25.4 Å². The third-order valence-corrected chi connectivity index (χ3v) is 6.68. The Bertz CT molecular complexity index is 1090. The summed E-state index contributed by atoms with van der Waals surface area (Å²) in [6, 6.07) is 6.80. The highest BCUT2D eigenvalue weighted by Gasteiger charge is 2.58. The molecule has 0 radical (unpaired) electrons. The van der Waals surface area contributed by atoms with Crippen LogP contribution in [0.3, 0.4) is 0 Å². The van der Waals surface area contributed by atoms with Gasteiger partial charge in [0.15, 0.2) is 5.60 Å². The molecule has 1 aromatic carbocycles. The molecule has 9 heteroatoms. The molecule has 1 amide bonds. The lowest BCUT2D eigenvalue weighted by Gasteiger charge is -2.38. The van der Waals surface area contributed by atoms with E-state index in [2.05, 4.69) is 4.98 Å². The SMILES string of the molecule is COc1cc(N2CCC3(CC2)O[C@@H]2CC[C@@H](c4cc(F)cc(F)c4)N2C3=O)ncc1C#N. The summed E-state index contributed by atoms with van der Waals surface area (Å²) < 4.78 is 39.1. The third-order valence-electron chi connectivity index (χ3n) is 6.68. The number of halogens is 2. The van der Waals surface area contributed by atoms with Crippen molar-refractivity contribution in [2.24, 2.45) is 0 Å². The molecule has 1 aromatic heterocycles. The van der Waals surface area contributed by atoms with Crippen LogP contribution in [0.15, 0.2) is 30.5 Å². The number of hydrogen-bond acceptors (Lipinski definition) is 6. The molecule has 3 saturated heterocycles. The Morgan fingerprint density at radius 2 is 1.91 bits per heavy atom. The maximum atomic E-state index is 13.8. The summed E-state index contributed by atoms with van der Waals surface area (Å²) in [5.41, 5.74) is -0.104. The lowest BCUT2D eigenvalue weighted by Crippen LogP contribution is -2.50. The fourth-order valence-corrected chi connectivity index (χ4v) is 5.09. The Kier molecular flexibility index (Phi) is 4.97. The lowest BCUT2D eigenvalue weighted by molar-refractivity contribution is -0.140. The zero-order valence-corrected chi connectivity index (χ0v) is 17.6. The van der Waals surface area contributed by atoms with E-state index < -0.39 is 17.2 Å². The molecule has 166 valence electrons. The van der Waals surface area contributed by atoms with Crippen LogP contribution in [-0.2, 0) is 9.53 Å². The minimum atomic E-state index is -0.928. The Morgan fingerprint density at radius 3 is 2.56 bits per heavy atom. The third kappa shape index (κ3) is 3.26. The number of pyridine rings is 1. The molecule has 5 rings (SSSR count). The van der Waals surface area contributed by atoms with Crippen LogP contribution in [0.1, 0.15) is 42.9 Å². The van der Waals surface area contributed by atoms with Crippen LogP contribution in [0, 0.1) is 23.0 Å². The molecule has 0 unspecified atom stereocenters. The summed E-state index contributed by atoms with van der Waals surface area (Å²) in [5, 5.41) is 9.15. The van der Waals surface area contributed by atoms with Gasteiger partial charge in [-0.2, -0.15) is 5.26 Å².